The minimum Gasteiger partial charge on any atom is -0.370 e. The predicted molar refractivity (Wildman–Crippen MR) is 81.0 cm³/mol. The Morgan fingerprint density at radius 3 is 2.84 bits per heavy atom. The zero-order chi connectivity index (χ0) is 13.1. The first-order chi connectivity index (χ1) is 9.35. The monoisotopic (exact) mass is 270 g/mol. The van der Waals surface area contributed by atoms with Crippen LogP contribution in [0.1, 0.15) is 24.5 Å². The van der Waals surface area contributed by atoms with Gasteiger partial charge in [-0.05, 0) is 61.6 Å². The lowest BCUT2D eigenvalue weighted by Crippen LogP contribution is -1.98. The lowest BCUT2D eigenvalue weighted by molar-refractivity contribution is 0.911. The molecule has 2 aromatic rings. The molecule has 2 nitrogen and oxygen atoms in total. The summed E-state index contributed by atoms with van der Waals surface area (Å²) in [7, 11) is 0. The fourth-order valence-corrected chi connectivity index (χ4v) is 3.41. The topological polar surface area (TPSA) is 24.9 Å². The van der Waals surface area contributed by atoms with E-state index in [9.17, 15) is 0 Å². The van der Waals surface area contributed by atoms with Gasteiger partial charge in [-0.1, -0.05) is 17.8 Å². The van der Waals surface area contributed by atoms with Crippen LogP contribution >= 0.6 is 11.8 Å². The molecule has 1 N–H and O–H groups in total. The first-order valence-corrected chi connectivity index (χ1v) is 7.66. The van der Waals surface area contributed by atoms with Gasteiger partial charge in [0.2, 0.25) is 0 Å². The van der Waals surface area contributed by atoms with E-state index < -0.39 is 0 Å². The highest BCUT2D eigenvalue weighted by atomic mass is 32.2. The highest BCUT2D eigenvalue weighted by Gasteiger charge is 2.11. The Labute approximate surface area is 118 Å². The molecule has 19 heavy (non-hydrogen) atoms. The van der Waals surface area contributed by atoms with E-state index in [1.807, 2.05) is 18.0 Å². The van der Waals surface area contributed by atoms with Crippen molar-refractivity contribution >= 4 is 17.6 Å². The molecule has 0 atom stereocenters. The molecule has 0 aliphatic heterocycles. The summed E-state index contributed by atoms with van der Waals surface area (Å²) >= 11 is 1.81. The number of aromatic nitrogens is 1. The second kappa shape index (κ2) is 5.66. The van der Waals surface area contributed by atoms with Gasteiger partial charge in [-0.15, -0.1) is 0 Å². The van der Waals surface area contributed by atoms with E-state index in [4.69, 9.17) is 0 Å². The summed E-state index contributed by atoms with van der Waals surface area (Å²) in [6.07, 6.45) is 5.67. The van der Waals surface area contributed by atoms with Crippen molar-refractivity contribution in [3.63, 3.8) is 0 Å². The molecule has 1 aliphatic rings. The molecule has 0 radical (unpaired) electrons. The van der Waals surface area contributed by atoms with Crippen molar-refractivity contribution in [1.82, 2.24) is 4.98 Å². The minimum absolute atomic E-state index is 0.903. The molecule has 0 saturated carbocycles. The van der Waals surface area contributed by atoms with E-state index in [0.717, 1.165) is 12.4 Å². The molecule has 0 bridgehead atoms. The van der Waals surface area contributed by atoms with Crippen LogP contribution in [0.5, 0.6) is 0 Å². The Hall–Kier alpha value is -1.48. The third kappa shape index (κ3) is 2.92. The Morgan fingerprint density at radius 2 is 1.95 bits per heavy atom. The molecular weight excluding hydrogens is 252 g/mol. The van der Waals surface area contributed by atoms with E-state index in [2.05, 4.69) is 47.6 Å². The molecule has 98 valence electrons. The van der Waals surface area contributed by atoms with Gasteiger partial charge in [-0.2, -0.15) is 0 Å². The molecule has 3 rings (SSSR count). The maximum absolute atomic E-state index is 4.30. The molecule has 1 aliphatic carbocycles. The zero-order valence-electron chi connectivity index (χ0n) is 11.1. The minimum atomic E-state index is 0.903. The van der Waals surface area contributed by atoms with Crippen LogP contribution < -0.4 is 5.32 Å². The summed E-state index contributed by atoms with van der Waals surface area (Å²) < 4.78 is 0. The van der Waals surface area contributed by atoms with Gasteiger partial charge in [0.05, 0.1) is 0 Å². The Kier molecular flexibility index (Phi) is 3.74. The average molecular weight is 270 g/mol. The third-order valence-electron chi connectivity index (χ3n) is 3.39. The maximum atomic E-state index is 4.30. The summed E-state index contributed by atoms with van der Waals surface area (Å²) in [5.74, 6) is 0.952. The van der Waals surface area contributed by atoms with E-state index in [1.165, 1.54) is 40.2 Å². The van der Waals surface area contributed by atoms with Crippen molar-refractivity contribution in [3.05, 3.63) is 47.7 Å². The Morgan fingerprint density at radius 1 is 1.11 bits per heavy atom. The number of rotatable bonds is 4. The van der Waals surface area contributed by atoms with Gasteiger partial charge in [-0.25, -0.2) is 4.98 Å². The quantitative estimate of drug-likeness (QED) is 0.903. The Bertz CT molecular complexity index is 581. The van der Waals surface area contributed by atoms with Gasteiger partial charge in [-0.3, -0.25) is 0 Å². The summed E-state index contributed by atoms with van der Waals surface area (Å²) in [6, 6.07) is 11.1. The van der Waals surface area contributed by atoms with Crippen molar-refractivity contribution in [2.75, 3.05) is 11.9 Å². The van der Waals surface area contributed by atoms with Crippen LogP contribution in [0, 0.1) is 0 Å². The van der Waals surface area contributed by atoms with Gasteiger partial charge >= 0.3 is 0 Å². The first-order valence-electron chi connectivity index (χ1n) is 6.85. The second-order valence-electron chi connectivity index (χ2n) is 4.79. The molecule has 1 aromatic carbocycles. The fraction of sp³-hybridized carbons (Fsp3) is 0.312. The first kappa shape index (κ1) is 12.5. The molecule has 0 saturated heterocycles. The number of fused-ring (bicyclic) bond motifs is 1. The lowest BCUT2D eigenvalue weighted by atomic mass is 10.1. The predicted octanol–water partition coefficient (Wildman–Crippen LogP) is 4.15. The number of aryl methyl sites for hydroxylation is 2. The highest BCUT2D eigenvalue weighted by Crippen LogP contribution is 2.32. The smallest absolute Gasteiger partial charge is 0.126 e. The number of pyridine rings is 1. The van der Waals surface area contributed by atoms with Crippen molar-refractivity contribution in [2.45, 2.75) is 36.0 Å². The van der Waals surface area contributed by atoms with Crippen LogP contribution in [-0.4, -0.2) is 11.5 Å². The van der Waals surface area contributed by atoms with E-state index >= 15 is 0 Å². The average Bonchev–Trinajstić information content (AvgIpc) is 2.87. The number of hydrogen-bond acceptors (Lipinski definition) is 3. The summed E-state index contributed by atoms with van der Waals surface area (Å²) in [5, 5.41) is 3.25. The number of anilines is 1. The van der Waals surface area contributed by atoms with Crippen LogP contribution in [0.25, 0.3) is 0 Å². The van der Waals surface area contributed by atoms with Gasteiger partial charge in [0, 0.05) is 22.5 Å². The van der Waals surface area contributed by atoms with E-state index in [-0.39, 0.29) is 0 Å². The SMILES string of the molecule is CCNc1cc(Sc2ccc3c(c2)CCC3)ccn1. The number of nitrogens with one attached hydrogen (secondary N) is 1. The van der Waals surface area contributed by atoms with E-state index in [0.29, 0.717) is 0 Å². The lowest BCUT2D eigenvalue weighted by Gasteiger charge is -2.07. The van der Waals surface area contributed by atoms with Gasteiger partial charge in [0.1, 0.15) is 5.82 Å². The third-order valence-corrected chi connectivity index (χ3v) is 4.37. The number of hydrogen-bond donors (Lipinski definition) is 1. The number of benzene rings is 1. The molecular formula is C16H18N2S. The van der Waals surface area contributed by atoms with Crippen molar-refractivity contribution in [1.29, 1.82) is 0 Å². The zero-order valence-corrected chi connectivity index (χ0v) is 12.0. The Balaban J connectivity index is 1.79. The van der Waals surface area contributed by atoms with Crippen LogP contribution in [-0.2, 0) is 12.8 Å². The normalized spacial score (nSPS) is 13.3. The van der Waals surface area contributed by atoms with Gasteiger partial charge in [0.25, 0.3) is 0 Å². The molecule has 0 spiro atoms. The second-order valence-corrected chi connectivity index (χ2v) is 5.94. The molecule has 1 heterocycles. The van der Waals surface area contributed by atoms with Crippen LogP contribution in [0.2, 0.25) is 0 Å². The fourth-order valence-electron chi connectivity index (χ4n) is 2.50. The molecule has 0 amide bonds. The van der Waals surface area contributed by atoms with Gasteiger partial charge < -0.3 is 5.32 Å². The van der Waals surface area contributed by atoms with Crippen molar-refractivity contribution in [2.24, 2.45) is 0 Å². The van der Waals surface area contributed by atoms with Crippen LogP contribution in [0.4, 0.5) is 5.82 Å². The molecule has 3 heteroatoms. The van der Waals surface area contributed by atoms with Crippen molar-refractivity contribution in [3.8, 4) is 0 Å². The van der Waals surface area contributed by atoms with E-state index in [1.54, 1.807) is 0 Å². The summed E-state index contributed by atoms with van der Waals surface area (Å²) in [5.41, 5.74) is 3.07. The van der Waals surface area contributed by atoms with Crippen molar-refractivity contribution < 1.29 is 0 Å². The van der Waals surface area contributed by atoms with Crippen LogP contribution in [0.3, 0.4) is 0 Å². The number of nitrogens with zero attached hydrogens (tertiary/aromatic N) is 1. The maximum Gasteiger partial charge on any atom is 0.126 e. The van der Waals surface area contributed by atoms with Crippen LogP contribution in [0.15, 0.2) is 46.3 Å². The standard InChI is InChI=1S/C16H18N2S/c1-2-17-16-11-15(8-9-18-16)19-14-7-6-12-4-3-5-13(12)10-14/h6-11H,2-5H2,1H3,(H,17,18). The summed E-state index contributed by atoms with van der Waals surface area (Å²) in [4.78, 5) is 6.87. The summed E-state index contributed by atoms with van der Waals surface area (Å²) in [6.45, 7) is 2.99. The molecule has 1 aromatic heterocycles. The molecule has 0 unspecified atom stereocenters. The molecule has 0 fully saturated rings. The van der Waals surface area contributed by atoms with Gasteiger partial charge in [0.15, 0.2) is 0 Å². The largest absolute Gasteiger partial charge is 0.370 e. The highest BCUT2D eigenvalue weighted by molar-refractivity contribution is 7.99.